The number of aliphatic hydroxyl groups is 1. The molecule has 0 amide bonds. The second kappa shape index (κ2) is 7.35. The van der Waals surface area contributed by atoms with Crippen molar-refractivity contribution in [2.75, 3.05) is 19.7 Å². The standard InChI is InChI=1S/C13H18F3NO2/c1-10(18)9-17-6-3-7-19-12-5-2-4-11(8-12)13(14,15)16/h2,4-5,8,10,17-18H,3,6-7,9H2,1H3/t10-/m0/s1. The molecule has 6 heteroatoms. The minimum Gasteiger partial charge on any atom is -0.494 e. The van der Waals surface area contributed by atoms with Crippen LogP contribution in [-0.2, 0) is 6.18 Å². The van der Waals surface area contributed by atoms with Crippen LogP contribution in [-0.4, -0.2) is 30.9 Å². The fraction of sp³-hybridized carbons (Fsp3) is 0.538. The lowest BCUT2D eigenvalue weighted by Gasteiger charge is -2.10. The van der Waals surface area contributed by atoms with Crippen LogP contribution in [0.15, 0.2) is 24.3 Å². The van der Waals surface area contributed by atoms with Crippen molar-refractivity contribution in [3.05, 3.63) is 29.8 Å². The molecule has 2 N–H and O–H groups in total. The number of benzene rings is 1. The summed E-state index contributed by atoms with van der Waals surface area (Å²) in [6, 6.07) is 4.82. The summed E-state index contributed by atoms with van der Waals surface area (Å²) < 4.78 is 42.6. The van der Waals surface area contributed by atoms with Gasteiger partial charge in [-0.15, -0.1) is 0 Å². The summed E-state index contributed by atoms with van der Waals surface area (Å²) in [7, 11) is 0. The van der Waals surface area contributed by atoms with E-state index in [4.69, 9.17) is 9.84 Å². The van der Waals surface area contributed by atoms with E-state index in [1.54, 1.807) is 6.92 Å². The highest BCUT2D eigenvalue weighted by Crippen LogP contribution is 2.31. The van der Waals surface area contributed by atoms with Crippen molar-refractivity contribution in [2.24, 2.45) is 0 Å². The zero-order valence-corrected chi connectivity index (χ0v) is 10.7. The first-order chi connectivity index (χ1) is 8.89. The first-order valence-electron chi connectivity index (χ1n) is 6.08. The van der Waals surface area contributed by atoms with E-state index in [0.717, 1.165) is 12.1 Å². The number of alkyl halides is 3. The SMILES string of the molecule is C[C@H](O)CNCCCOc1cccc(C(F)(F)F)c1. The highest BCUT2D eigenvalue weighted by Gasteiger charge is 2.30. The molecule has 0 aromatic heterocycles. The Kier molecular flexibility index (Phi) is 6.11. The van der Waals surface area contributed by atoms with Gasteiger partial charge in [0.2, 0.25) is 0 Å². The fourth-order valence-corrected chi connectivity index (χ4v) is 1.46. The number of ether oxygens (including phenoxy) is 1. The summed E-state index contributed by atoms with van der Waals surface area (Å²) in [5.74, 6) is 0.213. The van der Waals surface area contributed by atoms with Gasteiger partial charge in [0, 0.05) is 6.54 Å². The molecule has 19 heavy (non-hydrogen) atoms. The molecule has 1 atom stereocenters. The van der Waals surface area contributed by atoms with Crippen LogP contribution in [0, 0.1) is 0 Å². The van der Waals surface area contributed by atoms with Gasteiger partial charge in [-0.05, 0) is 38.1 Å². The molecule has 0 radical (unpaired) electrons. The Bertz CT molecular complexity index is 380. The van der Waals surface area contributed by atoms with Gasteiger partial charge in [0.05, 0.1) is 18.3 Å². The van der Waals surface area contributed by atoms with E-state index in [0.29, 0.717) is 26.1 Å². The Hall–Kier alpha value is -1.27. The largest absolute Gasteiger partial charge is 0.494 e. The average Bonchev–Trinajstić information content (AvgIpc) is 2.32. The minimum atomic E-state index is -4.35. The molecule has 3 nitrogen and oxygen atoms in total. The van der Waals surface area contributed by atoms with Crippen LogP contribution >= 0.6 is 0 Å². The molecule has 0 heterocycles. The molecule has 0 aliphatic rings. The smallest absolute Gasteiger partial charge is 0.416 e. The summed E-state index contributed by atoms with van der Waals surface area (Å²) >= 11 is 0. The predicted molar refractivity (Wildman–Crippen MR) is 66.1 cm³/mol. The predicted octanol–water partition coefficient (Wildman–Crippen LogP) is 2.44. The molecule has 0 aliphatic carbocycles. The Labute approximate surface area is 110 Å². The summed E-state index contributed by atoms with van der Waals surface area (Å²) in [6.07, 6.45) is -4.11. The molecule has 0 unspecified atom stereocenters. The van der Waals surface area contributed by atoms with E-state index in [-0.39, 0.29) is 5.75 Å². The summed E-state index contributed by atoms with van der Waals surface area (Å²) in [5, 5.41) is 12.0. The maximum atomic E-state index is 12.4. The summed E-state index contributed by atoms with van der Waals surface area (Å²) in [6.45, 7) is 3.13. The second-order valence-corrected chi connectivity index (χ2v) is 4.28. The van der Waals surface area contributed by atoms with Crippen LogP contribution in [0.3, 0.4) is 0 Å². The maximum Gasteiger partial charge on any atom is 0.416 e. The maximum absolute atomic E-state index is 12.4. The zero-order valence-electron chi connectivity index (χ0n) is 10.7. The lowest BCUT2D eigenvalue weighted by Crippen LogP contribution is -2.26. The van der Waals surface area contributed by atoms with Crippen molar-refractivity contribution < 1.29 is 23.0 Å². The Morgan fingerprint density at radius 2 is 2.11 bits per heavy atom. The molecular formula is C13H18F3NO2. The van der Waals surface area contributed by atoms with Crippen LogP contribution in [0.1, 0.15) is 18.9 Å². The van der Waals surface area contributed by atoms with E-state index in [2.05, 4.69) is 5.32 Å². The number of halogens is 3. The van der Waals surface area contributed by atoms with Gasteiger partial charge < -0.3 is 15.2 Å². The molecule has 1 aromatic carbocycles. The first kappa shape index (κ1) is 15.8. The van der Waals surface area contributed by atoms with Gasteiger partial charge in [-0.3, -0.25) is 0 Å². The second-order valence-electron chi connectivity index (χ2n) is 4.28. The van der Waals surface area contributed by atoms with E-state index >= 15 is 0 Å². The number of nitrogens with one attached hydrogen (secondary N) is 1. The number of hydrogen-bond acceptors (Lipinski definition) is 3. The molecule has 108 valence electrons. The molecule has 0 aliphatic heterocycles. The van der Waals surface area contributed by atoms with Crippen molar-refractivity contribution >= 4 is 0 Å². The number of rotatable bonds is 7. The zero-order chi connectivity index (χ0) is 14.3. The normalized spacial score (nSPS) is 13.3. The molecule has 0 spiro atoms. The lowest BCUT2D eigenvalue weighted by atomic mass is 10.2. The van der Waals surface area contributed by atoms with E-state index in [1.807, 2.05) is 0 Å². The summed E-state index contributed by atoms with van der Waals surface area (Å²) in [4.78, 5) is 0. The van der Waals surface area contributed by atoms with E-state index in [1.165, 1.54) is 12.1 Å². The molecule has 0 saturated carbocycles. The Morgan fingerprint density at radius 1 is 1.37 bits per heavy atom. The van der Waals surface area contributed by atoms with Gasteiger partial charge in [-0.2, -0.15) is 13.2 Å². The van der Waals surface area contributed by atoms with Gasteiger partial charge in [-0.25, -0.2) is 0 Å². The highest BCUT2D eigenvalue weighted by molar-refractivity contribution is 5.30. The molecule has 0 fully saturated rings. The Balaban J connectivity index is 2.30. The average molecular weight is 277 g/mol. The number of aliphatic hydroxyl groups excluding tert-OH is 1. The third kappa shape index (κ3) is 6.45. The quantitative estimate of drug-likeness (QED) is 0.752. The van der Waals surface area contributed by atoms with E-state index in [9.17, 15) is 13.2 Å². The van der Waals surface area contributed by atoms with Crippen LogP contribution in [0.25, 0.3) is 0 Å². The van der Waals surface area contributed by atoms with Gasteiger partial charge >= 0.3 is 6.18 Å². The fourth-order valence-electron chi connectivity index (χ4n) is 1.46. The van der Waals surface area contributed by atoms with Crippen LogP contribution in [0.2, 0.25) is 0 Å². The van der Waals surface area contributed by atoms with Gasteiger partial charge in [0.15, 0.2) is 0 Å². The molecule has 1 aromatic rings. The number of hydrogen-bond donors (Lipinski definition) is 2. The van der Waals surface area contributed by atoms with Crippen LogP contribution < -0.4 is 10.1 Å². The third-order valence-corrected chi connectivity index (χ3v) is 2.37. The van der Waals surface area contributed by atoms with Crippen molar-refractivity contribution in [1.82, 2.24) is 5.32 Å². The highest BCUT2D eigenvalue weighted by atomic mass is 19.4. The summed E-state index contributed by atoms with van der Waals surface area (Å²) in [5.41, 5.74) is -0.711. The monoisotopic (exact) mass is 277 g/mol. The van der Waals surface area contributed by atoms with Gasteiger partial charge in [0.25, 0.3) is 0 Å². The molecule has 0 saturated heterocycles. The first-order valence-corrected chi connectivity index (χ1v) is 6.08. The van der Waals surface area contributed by atoms with Crippen LogP contribution in [0.4, 0.5) is 13.2 Å². The van der Waals surface area contributed by atoms with Crippen molar-refractivity contribution in [3.63, 3.8) is 0 Å². The van der Waals surface area contributed by atoms with Crippen molar-refractivity contribution in [3.8, 4) is 5.75 Å². The van der Waals surface area contributed by atoms with Crippen molar-refractivity contribution in [1.29, 1.82) is 0 Å². The molecule has 1 rings (SSSR count). The van der Waals surface area contributed by atoms with Crippen molar-refractivity contribution in [2.45, 2.75) is 25.6 Å². The lowest BCUT2D eigenvalue weighted by molar-refractivity contribution is -0.137. The Morgan fingerprint density at radius 3 is 2.74 bits per heavy atom. The van der Waals surface area contributed by atoms with Gasteiger partial charge in [0.1, 0.15) is 5.75 Å². The molecular weight excluding hydrogens is 259 g/mol. The van der Waals surface area contributed by atoms with E-state index < -0.39 is 17.8 Å². The minimum absolute atomic E-state index is 0.213. The van der Waals surface area contributed by atoms with Crippen LogP contribution in [0.5, 0.6) is 5.75 Å². The molecule has 0 bridgehead atoms. The topological polar surface area (TPSA) is 41.5 Å². The van der Waals surface area contributed by atoms with Gasteiger partial charge in [-0.1, -0.05) is 6.07 Å². The third-order valence-electron chi connectivity index (χ3n) is 2.37.